The first-order chi connectivity index (χ1) is 6.69. The van der Waals surface area contributed by atoms with Gasteiger partial charge < -0.3 is 5.32 Å². The average Bonchev–Trinajstić information content (AvgIpc) is 2.18. The minimum absolute atomic E-state index is 0.126. The highest BCUT2D eigenvalue weighted by Crippen LogP contribution is 2.14. The molecule has 1 nitrogen and oxygen atoms in total. The van der Waals surface area contributed by atoms with Gasteiger partial charge in [0.15, 0.2) is 0 Å². The fourth-order valence-corrected chi connectivity index (χ4v) is 1.42. The fraction of sp³-hybridized carbons (Fsp3) is 0.455. The van der Waals surface area contributed by atoms with Gasteiger partial charge >= 0.3 is 0 Å². The quantitative estimate of drug-likeness (QED) is 0.785. The van der Waals surface area contributed by atoms with Crippen molar-refractivity contribution in [3.63, 3.8) is 0 Å². The maximum absolute atomic E-state index is 13.2. The van der Waals surface area contributed by atoms with Gasteiger partial charge in [-0.2, -0.15) is 0 Å². The van der Waals surface area contributed by atoms with Gasteiger partial charge in [-0.3, -0.25) is 0 Å². The molecule has 0 aliphatic carbocycles. The van der Waals surface area contributed by atoms with E-state index in [0.29, 0.717) is 6.42 Å². The van der Waals surface area contributed by atoms with Crippen LogP contribution in [-0.2, 0) is 6.42 Å². The van der Waals surface area contributed by atoms with Crippen LogP contribution in [0.15, 0.2) is 18.2 Å². The lowest BCUT2D eigenvalue weighted by atomic mass is 10.0. The Labute approximate surface area is 83.1 Å². The molecule has 1 aromatic carbocycles. The highest BCUT2D eigenvalue weighted by molar-refractivity contribution is 5.20. The molecule has 0 saturated heterocycles. The van der Waals surface area contributed by atoms with Gasteiger partial charge in [0.25, 0.3) is 0 Å². The van der Waals surface area contributed by atoms with E-state index < -0.39 is 11.6 Å². The van der Waals surface area contributed by atoms with Crippen molar-refractivity contribution in [1.82, 2.24) is 5.32 Å². The maximum Gasteiger partial charge on any atom is 0.129 e. The van der Waals surface area contributed by atoms with E-state index >= 15 is 0 Å². The molecule has 0 spiro atoms. The summed E-state index contributed by atoms with van der Waals surface area (Å²) in [4.78, 5) is 0. The first-order valence-electron chi connectivity index (χ1n) is 4.79. The summed E-state index contributed by atoms with van der Waals surface area (Å²) >= 11 is 0. The highest BCUT2D eigenvalue weighted by Gasteiger charge is 2.12. The summed E-state index contributed by atoms with van der Waals surface area (Å²) in [6.45, 7) is 1.99. The Hall–Kier alpha value is -0.960. The smallest absolute Gasteiger partial charge is 0.129 e. The van der Waals surface area contributed by atoms with Gasteiger partial charge in [0.2, 0.25) is 0 Å². The van der Waals surface area contributed by atoms with Crippen LogP contribution in [-0.4, -0.2) is 13.1 Å². The molecule has 1 aromatic rings. The molecule has 0 aliphatic rings. The van der Waals surface area contributed by atoms with Crippen molar-refractivity contribution in [2.24, 2.45) is 0 Å². The van der Waals surface area contributed by atoms with Crippen molar-refractivity contribution in [2.75, 3.05) is 7.05 Å². The van der Waals surface area contributed by atoms with Crippen molar-refractivity contribution in [2.45, 2.75) is 25.8 Å². The molecule has 0 bridgehead atoms. The lowest BCUT2D eigenvalue weighted by molar-refractivity contribution is 0.495. The summed E-state index contributed by atoms with van der Waals surface area (Å²) < 4.78 is 26.4. The number of hydrogen-bond donors (Lipinski definition) is 1. The zero-order chi connectivity index (χ0) is 10.6. The van der Waals surface area contributed by atoms with E-state index in [9.17, 15) is 8.78 Å². The normalized spacial score (nSPS) is 12.9. The number of likely N-dealkylation sites (N-methyl/N-ethyl adjacent to an activating group) is 1. The van der Waals surface area contributed by atoms with Crippen LogP contribution < -0.4 is 5.32 Å². The molecule has 1 unspecified atom stereocenters. The molecule has 0 heterocycles. The summed E-state index contributed by atoms with van der Waals surface area (Å²) in [6.07, 6.45) is 1.25. The summed E-state index contributed by atoms with van der Waals surface area (Å²) in [5, 5.41) is 3.02. The predicted molar refractivity (Wildman–Crippen MR) is 53.2 cm³/mol. The van der Waals surface area contributed by atoms with E-state index in [0.717, 1.165) is 6.42 Å². The molecule has 78 valence electrons. The van der Waals surface area contributed by atoms with E-state index in [2.05, 4.69) is 5.32 Å². The molecule has 0 amide bonds. The van der Waals surface area contributed by atoms with Crippen LogP contribution in [0.5, 0.6) is 0 Å². The van der Waals surface area contributed by atoms with Gasteiger partial charge in [-0.25, -0.2) is 8.78 Å². The Morgan fingerprint density at radius 2 is 1.86 bits per heavy atom. The molecule has 0 radical (unpaired) electrons. The molecule has 0 fully saturated rings. The number of hydrogen-bond acceptors (Lipinski definition) is 1. The van der Waals surface area contributed by atoms with Crippen LogP contribution in [0.4, 0.5) is 8.78 Å². The Morgan fingerprint density at radius 1 is 1.29 bits per heavy atom. The standard InChI is InChI=1S/C11H15F2N/c1-3-8(14-2)7-9-10(12)5-4-6-11(9)13/h4-6,8,14H,3,7H2,1-2H3. The van der Waals surface area contributed by atoms with E-state index in [-0.39, 0.29) is 11.6 Å². The van der Waals surface area contributed by atoms with Crippen LogP contribution in [0.25, 0.3) is 0 Å². The number of nitrogens with one attached hydrogen (secondary N) is 1. The van der Waals surface area contributed by atoms with Crippen LogP contribution in [0.2, 0.25) is 0 Å². The second-order valence-electron chi connectivity index (χ2n) is 3.30. The van der Waals surface area contributed by atoms with Gasteiger partial charge in [0.1, 0.15) is 11.6 Å². The van der Waals surface area contributed by atoms with Gasteiger partial charge in [0, 0.05) is 11.6 Å². The largest absolute Gasteiger partial charge is 0.317 e. The van der Waals surface area contributed by atoms with Crippen LogP contribution in [0, 0.1) is 11.6 Å². The van der Waals surface area contributed by atoms with E-state index in [1.165, 1.54) is 18.2 Å². The third-order valence-electron chi connectivity index (χ3n) is 2.41. The molecule has 0 aliphatic heterocycles. The minimum atomic E-state index is -0.460. The zero-order valence-corrected chi connectivity index (χ0v) is 8.48. The van der Waals surface area contributed by atoms with E-state index in [1.807, 2.05) is 6.92 Å². The van der Waals surface area contributed by atoms with Crippen LogP contribution in [0.1, 0.15) is 18.9 Å². The second-order valence-corrected chi connectivity index (χ2v) is 3.30. The van der Waals surface area contributed by atoms with Gasteiger partial charge in [-0.1, -0.05) is 13.0 Å². The van der Waals surface area contributed by atoms with Crippen LogP contribution >= 0.6 is 0 Å². The lowest BCUT2D eigenvalue weighted by Gasteiger charge is -2.14. The molecule has 0 saturated carbocycles. The van der Waals surface area contributed by atoms with Crippen molar-refractivity contribution in [1.29, 1.82) is 0 Å². The average molecular weight is 199 g/mol. The van der Waals surface area contributed by atoms with Crippen molar-refractivity contribution in [3.8, 4) is 0 Å². The summed E-state index contributed by atoms with van der Waals surface area (Å²) in [5.41, 5.74) is 0.175. The molecular formula is C11H15F2N. The Kier molecular flexibility index (Phi) is 4.01. The second kappa shape index (κ2) is 5.05. The van der Waals surface area contributed by atoms with Gasteiger partial charge in [-0.05, 0) is 32.0 Å². The lowest BCUT2D eigenvalue weighted by Crippen LogP contribution is -2.27. The zero-order valence-electron chi connectivity index (χ0n) is 8.48. The highest BCUT2D eigenvalue weighted by atomic mass is 19.1. The summed E-state index contributed by atoms with van der Waals surface area (Å²) in [6, 6.07) is 4.09. The van der Waals surface area contributed by atoms with Crippen LogP contribution in [0.3, 0.4) is 0 Å². The Balaban J connectivity index is 2.84. The topological polar surface area (TPSA) is 12.0 Å². The first-order valence-corrected chi connectivity index (χ1v) is 4.79. The monoisotopic (exact) mass is 199 g/mol. The van der Waals surface area contributed by atoms with Crippen molar-refractivity contribution >= 4 is 0 Å². The number of benzene rings is 1. The third-order valence-corrected chi connectivity index (χ3v) is 2.41. The van der Waals surface area contributed by atoms with Gasteiger partial charge in [0.05, 0.1) is 0 Å². The van der Waals surface area contributed by atoms with Crippen molar-refractivity contribution in [3.05, 3.63) is 35.4 Å². The summed E-state index contributed by atoms with van der Waals surface area (Å²) in [5.74, 6) is -0.919. The van der Waals surface area contributed by atoms with E-state index in [1.54, 1.807) is 7.05 Å². The SMILES string of the molecule is CCC(Cc1c(F)cccc1F)NC. The molecule has 1 N–H and O–H groups in total. The fourth-order valence-electron chi connectivity index (χ4n) is 1.42. The number of halogens is 2. The predicted octanol–water partition coefficient (Wildman–Crippen LogP) is 2.51. The Morgan fingerprint density at radius 3 is 2.29 bits per heavy atom. The Bertz CT molecular complexity index is 275. The maximum atomic E-state index is 13.2. The molecule has 1 rings (SSSR count). The molecular weight excluding hydrogens is 184 g/mol. The molecule has 14 heavy (non-hydrogen) atoms. The first kappa shape index (κ1) is 11.1. The number of rotatable bonds is 4. The molecule has 3 heteroatoms. The summed E-state index contributed by atoms with van der Waals surface area (Å²) in [7, 11) is 1.80. The van der Waals surface area contributed by atoms with Gasteiger partial charge in [-0.15, -0.1) is 0 Å². The molecule has 1 atom stereocenters. The third kappa shape index (κ3) is 2.51. The molecule has 0 aromatic heterocycles. The van der Waals surface area contributed by atoms with Crippen molar-refractivity contribution < 1.29 is 8.78 Å². The van der Waals surface area contributed by atoms with E-state index in [4.69, 9.17) is 0 Å². The minimum Gasteiger partial charge on any atom is -0.317 e.